The molecule has 0 spiro atoms. The number of nitrogens with one attached hydrogen (secondary N) is 1. The van der Waals surface area contributed by atoms with E-state index >= 15 is 0 Å². The van der Waals surface area contributed by atoms with E-state index in [0.717, 1.165) is 5.56 Å². The molecule has 1 atom stereocenters. The Morgan fingerprint density at radius 3 is 2.83 bits per heavy atom. The summed E-state index contributed by atoms with van der Waals surface area (Å²) in [4.78, 5) is 30.6. The summed E-state index contributed by atoms with van der Waals surface area (Å²) in [7, 11) is 1.55. The molecular weight excluding hydrogens is 296 g/mol. The fraction of sp³-hybridized carbons (Fsp3) is 0.118. The Hall–Kier alpha value is -3.15. The Morgan fingerprint density at radius 2 is 2.00 bits per heavy atom. The lowest BCUT2D eigenvalue weighted by atomic mass is 10.0. The number of carbonyl (C=O) groups excluding carboxylic acids is 1. The van der Waals surface area contributed by atoms with Gasteiger partial charge >= 0.3 is 11.7 Å². The minimum absolute atomic E-state index is 0.398. The maximum atomic E-state index is 12.0. The van der Waals surface area contributed by atoms with Crippen molar-refractivity contribution in [3.63, 3.8) is 0 Å². The zero-order chi connectivity index (χ0) is 16.0. The molecule has 0 radical (unpaired) electrons. The Labute approximate surface area is 130 Å². The fourth-order valence-corrected chi connectivity index (χ4v) is 2.85. The third-order valence-corrected chi connectivity index (χ3v) is 3.91. The molecule has 0 fully saturated rings. The van der Waals surface area contributed by atoms with E-state index in [0.29, 0.717) is 27.9 Å². The number of benzene rings is 2. The first-order chi connectivity index (χ1) is 11.2. The van der Waals surface area contributed by atoms with Crippen LogP contribution >= 0.6 is 0 Å². The van der Waals surface area contributed by atoms with Crippen LogP contribution in [0, 0.1) is 0 Å². The average molecular weight is 308 g/mol. The predicted molar refractivity (Wildman–Crippen MR) is 82.6 cm³/mol. The molecule has 1 aliphatic heterocycles. The Bertz CT molecular complexity index is 993. The number of aromatic nitrogens is 2. The highest BCUT2D eigenvalue weighted by atomic mass is 16.5. The number of hydrogen-bond acceptors (Lipinski definition) is 5. The van der Waals surface area contributed by atoms with Crippen LogP contribution in [0.3, 0.4) is 0 Å². The summed E-state index contributed by atoms with van der Waals surface area (Å²) in [5.41, 5.74) is 1.75. The maximum absolute atomic E-state index is 12.0. The summed E-state index contributed by atoms with van der Waals surface area (Å²) in [5.74, 6) is 0.204. The number of fused-ring (bicyclic) bond motifs is 2. The normalized spacial score (nSPS) is 16.2. The molecule has 114 valence electrons. The van der Waals surface area contributed by atoms with Crippen molar-refractivity contribution < 1.29 is 14.3 Å². The molecule has 0 saturated heterocycles. The molecule has 3 aromatic rings. The number of carbonyl (C=O) groups is 1. The van der Waals surface area contributed by atoms with Gasteiger partial charge in [-0.1, -0.05) is 18.2 Å². The van der Waals surface area contributed by atoms with Crippen LogP contribution in [0.25, 0.3) is 10.9 Å². The number of esters is 1. The first-order valence-electron chi connectivity index (χ1n) is 7.05. The quantitative estimate of drug-likeness (QED) is 0.734. The first-order valence-corrected chi connectivity index (χ1v) is 7.05. The lowest BCUT2D eigenvalue weighted by Crippen LogP contribution is -2.16. The molecule has 6 nitrogen and oxygen atoms in total. The van der Waals surface area contributed by atoms with Crippen LogP contribution in [0.5, 0.6) is 5.75 Å². The molecule has 2 aromatic carbocycles. The van der Waals surface area contributed by atoms with Crippen LogP contribution in [-0.4, -0.2) is 23.0 Å². The first kappa shape index (κ1) is 13.5. The highest BCUT2D eigenvalue weighted by molar-refractivity contribution is 5.95. The van der Waals surface area contributed by atoms with Gasteiger partial charge in [0.25, 0.3) is 0 Å². The second-order valence-electron chi connectivity index (χ2n) is 5.21. The van der Waals surface area contributed by atoms with E-state index in [-0.39, 0.29) is 0 Å². The molecule has 0 bridgehead atoms. The van der Waals surface area contributed by atoms with Gasteiger partial charge in [-0.25, -0.2) is 9.59 Å². The van der Waals surface area contributed by atoms with E-state index in [1.807, 2.05) is 12.1 Å². The molecule has 2 heterocycles. The summed E-state index contributed by atoms with van der Waals surface area (Å²) in [6.45, 7) is 0. The molecule has 0 saturated carbocycles. The van der Waals surface area contributed by atoms with Crippen LogP contribution in [0.15, 0.2) is 47.3 Å². The maximum Gasteiger partial charge on any atom is 0.345 e. The van der Waals surface area contributed by atoms with Gasteiger partial charge in [-0.3, -0.25) is 0 Å². The van der Waals surface area contributed by atoms with Gasteiger partial charge in [0.05, 0.1) is 23.9 Å². The number of rotatable bonds is 2. The summed E-state index contributed by atoms with van der Waals surface area (Å²) in [5, 5.41) is 0.708. The van der Waals surface area contributed by atoms with E-state index < -0.39 is 17.8 Å². The van der Waals surface area contributed by atoms with Crippen LogP contribution in [0.1, 0.15) is 27.7 Å². The highest BCUT2D eigenvalue weighted by Gasteiger charge is 2.33. The molecule has 4 rings (SSSR count). The number of H-pyrrole nitrogens is 1. The van der Waals surface area contributed by atoms with E-state index in [1.165, 1.54) is 0 Å². The van der Waals surface area contributed by atoms with Crippen molar-refractivity contribution in [1.82, 2.24) is 9.97 Å². The molecule has 0 aliphatic carbocycles. The van der Waals surface area contributed by atoms with Crippen molar-refractivity contribution in [3.8, 4) is 5.75 Å². The van der Waals surface area contributed by atoms with E-state index in [1.54, 1.807) is 37.4 Å². The van der Waals surface area contributed by atoms with Gasteiger partial charge in [-0.15, -0.1) is 0 Å². The average Bonchev–Trinajstić information content (AvgIpc) is 2.90. The topological polar surface area (TPSA) is 81.3 Å². The van der Waals surface area contributed by atoms with Crippen molar-refractivity contribution in [3.05, 3.63) is 69.8 Å². The van der Waals surface area contributed by atoms with Crippen molar-refractivity contribution in [2.45, 2.75) is 6.10 Å². The van der Waals surface area contributed by atoms with E-state index in [2.05, 4.69) is 9.97 Å². The summed E-state index contributed by atoms with van der Waals surface area (Å²) >= 11 is 0. The van der Waals surface area contributed by atoms with Crippen molar-refractivity contribution in [2.75, 3.05) is 7.11 Å². The van der Waals surface area contributed by atoms with Crippen LogP contribution in [0.4, 0.5) is 0 Å². The van der Waals surface area contributed by atoms with Gasteiger partial charge in [0, 0.05) is 17.0 Å². The number of methoxy groups -OCH3 is 1. The van der Waals surface area contributed by atoms with Gasteiger partial charge in [0.1, 0.15) is 5.75 Å². The Balaban J connectivity index is 1.97. The third kappa shape index (κ3) is 2.07. The number of nitrogens with zero attached hydrogens (tertiary/aromatic N) is 1. The van der Waals surface area contributed by atoms with Gasteiger partial charge < -0.3 is 14.5 Å². The minimum atomic E-state index is -0.648. The number of aromatic amines is 1. The number of ether oxygens (including phenoxy) is 2. The summed E-state index contributed by atoms with van der Waals surface area (Å²) in [6.07, 6.45) is -0.648. The second kappa shape index (κ2) is 4.95. The smallest absolute Gasteiger partial charge is 0.345 e. The number of cyclic esters (lactones) is 1. The Kier molecular flexibility index (Phi) is 2.90. The zero-order valence-corrected chi connectivity index (χ0v) is 12.2. The van der Waals surface area contributed by atoms with Crippen LogP contribution < -0.4 is 10.4 Å². The molecule has 1 aromatic heterocycles. The lowest BCUT2D eigenvalue weighted by Gasteiger charge is -2.13. The lowest BCUT2D eigenvalue weighted by molar-refractivity contribution is 0.0451. The zero-order valence-electron chi connectivity index (χ0n) is 12.2. The van der Waals surface area contributed by atoms with Crippen molar-refractivity contribution >= 4 is 16.9 Å². The third-order valence-electron chi connectivity index (χ3n) is 3.91. The largest absolute Gasteiger partial charge is 0.497 e. The van der Waals surface area contributed by atoms with Gasteiger partial charge in [0.2, 0.25) is 0 Å². The predicted octanol–water partition coefficient (Wildman–Crippen LogP) is 2.19. The Morgan fingerprint density at radius 1 is 1.17 bits per heavy atom. The van der Waals surface area contributed by atoms with Gasteiger partial charge in [0.15, 0.2) is 6.10 Å². The fourth-order valence-electron chi connectivity index (χ4n) is 2.85. The molecule has 1 unspecified atom stereocenters. The summed E-state index contributed by atoms with van der Waals surface area (Å²) < 4.78 is 10.6. The molecule has 0 amide bonds. The van der Waals surface area contributed by atoms with Crippen molar-refractivity contribution in [2.24, 2.45) is 0 Å². The second-order valence-corrected chi connectivity index (χ2v) is 5.21. The molecule has 23 heavy (non-hydrogen) atoms. The SMILES string of the molecule is COc1ccc2c(C3OC(=O)c4ccccc43)[nH]c(=O)nc2c1. The van der Waals surface area contributed by atoms with Crippen molar-refractivity contribution in [1.29, 1.82) is 0 Å². The highest BCUT2D eigenvalue weighted by Crippen LogP contribution is 2.37. The van der Waals surface area contributed by atoms with E-state index in [9.17, 15) is 9.59 Å². The monoisotopic (exact) mass is 308 g/mol. The molecular formula is C17H12N2O4. The molecule has 1 N–H and O–H groups in total. The van der Waals surface area contributed by atoms with Gasteiger partial charge in [-0.2, -0.15) is 4.98 Å². The van der Waals surface area contributed by atoms with Crippen LogP contribution in [-0.2, 0) is 4.74 Å². The van der Waals surface area contributed by atoms with Crippen LogP contribution in [0.2, 0.25) is 0 Å². The summed E-state index contributed by atoms with van der Waals surface area (Å²) in [6, 6.07) is 12.4. The van der Waals surface area contributed by atoms with Gasteiger partial charge in [-0.05, 0) is 18.2 Å². The standard InChI is InChI=1S/C17H12N2O4/c1-22-9-6-7-12-13(8-9)18-17(21)19-14(12)15-10-4-2-3-5-11(10)16(20)23-15/h2-8,15H,1H3,(H,18,19,21). The minimum Gasteiger partial charge on any atom is -0.497 e. The number of hydrogen-bond donors (Lipinski definition) is 1. The molecule has 1 aliphatic rings. The molecule has 6 heteroatoms. The van der Waals surface area contributed by atoms with E-state index in [4.69, 9.17) is 9.47 Å².